The number of aryl methyl sites for hydroxylation is 4. The Balaban J connectivity index is 0.000000141. The molecule has 0 saturated heterocycles. The van der Waals surface area contributed by atoms with Crippen molar-refractivity contribution in [2.75, 3.05) is 0 Å². The van der Waals surface area contributed by atoms with Crippen molar-refractivity contribution in [2.45, 2.75) is 65.5 Å². The van der Waals surface area contributed by atoms with E-state index in [9.17, 15) is 0 Å². The van der Waals surface area contributed by atoms with Crippen LogP contribution in [0.15, 0.2) is 154 Å². The van der Waals surface area contributed by atoms with Crippen molar-refractivity contribution in [1.29, 1.82) is 0 Å². The first-order valence-electron chi connectivity index (χ1n) is 21.5. The van der Waals surface area contributed by atoms with E-state index in [4.69, 9.17) is 25.9 Å². The molecule has 306 valence electrons. The van der Waals surface area contributed by atoms with Gasteiger partial charge in [-0.2, -0.15) is 0 Å². The van der Waals surface area contributed by atoms with Crippen LogP contribution in [-0.2, 0) is 46.5 Å². The molecular formula is C56H48Cl2O2SiZr. The van der Waals surface area contributed by atoms with Crippen molar-refractivity contribution in [3.05, 3.63) is 179 Å². The molecule has 6 heteroatoms. The van der Waals surface area contributed by atoms with Gasteiger partial charge in [-0.1, -0.05) is 119 Å². The van der Waals surface area contributed by atoms with Crippen molar-refractivity contribution in [2.24, 2.45) is 0 Å². The Labute approximate surface area is 386 Å². The average Bonchev–Trinajstić information content (AvgIpc) is 4.15. The van der Waals surface area contributed by atoms with Gasteiger partial charge >= 0.3 is 37.9 Å². The van der Waals surface area contributed by atoms with E-state index in [0.717, 1.165) is 32.6 Å². The zero-order valence-corrected chi connectivity index (χ0v) is 40.6. The molecule has 0 amide bonds. The predicted octanol–water partition coefficient (Wildman–Crippen LogP) is 17.0. The zero-order chi connectivity index (χ0) is 42.7. The number of fused-ring (bicyclic) bond motifs is 6. The third kappa shape index (κ3) is 8.65. The number of hydrogen-bond acceptors (Lipinski definition) is 2. The second-order valence-electron chi connectivity index (χ2n) is 16.5. The maximum absolute atomic E-state index is 5.90. The summed E-state index contributed by atoms with van der Waals surface area (Å²) in [4.78, 5) is 0. The first-order chi connectivity index (χ1) is 30.3. The number of rotatable bonds is 4. The van der Waals surface area contributed by atoms with Crippen LogP contribution >= 0.6 is 17.0 Å². The van der Waals surface area contributed by atoms with Crippen molar-refractivity contribution in [1.82, 2.24) is 0 Å². The summed E-state index contributed by atoms with van der Waals surface area (Å²) in [5.74, 6) is 3.83. The second kappa shape index (κ2) is 19.0. The van der Waals surface area contributed by atoms with Gasteiger partial charge < -0.3 is 8.83 Å². The average molecular weight is 943 g/mol. The fourth-order valence-corrected chi connectivity index (χ4v) is 9.66. The van der Waals surface area contributed by atoms with Crippen LogP contribution in [0, 0.1) is 13.8 Å². The second-order valence-corrected chi connectivity index (χ2v) is 21.2. The SMILES string of the molecule is C[Si]C.Cc1ccc(-c2cc3c(-c4ccc5ccccc5c4)c4c(cc3[cH-]2)CCC4)o1.Cc1ccc(-c2cc3c(-c4ccc5ccccc5c4)c4c(cc3[cH-]2)CCC4)o1.[Cl][Zr+2][Cl]. The Morgan fingerprint density at radius 1 is 0.500 bits per heavy atom. The van der Waals surface area contributed by atoms with E-state index >= 15 is 0 Å². The molecule has 0 saturated carbocycles. The molecule has 12 rings (SSSR count). The molecule has 0 fully saturated rings. The first kappa shape index (κ1) is 42.6. The molecule has 2 heterocycles. The normalized spacial score (nSPS) is 12.6. The third-order valence-electron chi connectivity index (χ3n) is 12.3. The van der Waals surface area contributed by atoms with Crippen LogP contribution in [0.5, 0.6) is 0 Å². The molecule has 0 unspecified atom stereocenters. The number of furan rings is 2. The Morgan fingerprint density at radius 3 is 1.29 bits per heavy atom. The van der Waals surface area contributed by atoms with Gasteiger partial charge in [0, 0.05) is 9.52 Å². The van der Waals surface area contributed by atoms with Crippen LogP contribution < -0.4 is 0 Å². The minimum atomic E-state index is -0.826. The summed E-state index contributed by atoms with van der Waals surface area (Å²) in [6, 6.07) is 53.3. The van der Waals surface area contributed by atoms with Crippen LogP contribution in [0.1, 0.15) is 46.6 Å². The molecule has 0 atom stereocenters. The Morgan fingerprint density at radius 2 is 0.903 bits per heavy atom. The summed E-state index contributed by atoms with van der Waals surface area (Å²) in [6.45, 7) is 8.31. The monoisotopic (exact) mass is 940 g/mol. The Kier molecular flexibility index (Phi) is 13.0. The Hall–Kier alpha value is -4.70. The summed E-state index contributed by atoms with van der Waals surface area (Å²) in [6.07, 6.45) is 7.24. The van der Waals surface area contributed by atoms with Crippen molar-refractivity contribution < 1.29 is 29.7 Å². The van der Waals surface area contributed by atoms with Crippen LogP contribution in [0.4, 0.5) is 0 Å². The molecule has 62 heavy (non-hydrogen) atoms. The minimum absolute atomic E-state index is 0.826. The van der Waals surface area contributed by atoms with E-state index in [1.807, 2.05) is 26.0 Å². The van der Waals surface area contributed by atoms with Gasteiger partial charge in [0.15, 0.2) is 0 Å². The van der Waals surface area contributed by atoms with E-state index in [2.05, 4.69) is 147 Å². The van der Waals surface area contributed by atoms with Gasteiger partial charge in [0.25, 0.3) is 0 Å². The topological polar surface area (TPSA) is 26.3 Å². The summed E-state index contributed by atoms with van der Waals surface area (Å²) in [5.41, 5.74) is 14.0. The van der Waals surface area contributed by atoms with Crippen LogP contribution in [0.25, 0.3) is 88.0 Å². The van der Waals surface area contributed by atoms with Crippen LogP contribution in [-0.4, -0.2) is 9.52 Å². The summed E-state index contributed by atoms with van der Waals surface area (Å²) in [5, 5.41) is 10.5. The van der Waals surface area contributed by atoms with Gasteiger partial charge in [-0.15, -0.1) is 57.9 Å². The molecule has 10 aromatic rings. The van der Waals surface area contributed by atoms with Crippen LogP contribution in [0.3, 0.4) is 0 Å². The van der Waals surface area contributed by atoms with Gasteiger partial charge in [-0.25, -0.2) is 0 Å². The third-order valence-corrected chi connectivity index (χ3v) is 12.3. The number of benzene rings is 6. The van der Waals surface area contributed by atoms with Gasteiger partial charge in [0.2, 0.25) is 0 Å². The molecule has 0 aliphatic heterocycles. The van der Waals surface area contributed by atoms with E-state index in [-0.39, 0.29) is 0 Å². The molecule has 2 aromatic heterocycles. The molecule has 2 aliphatic rings. The molecule has 8 aromatic carbocycles. The summed E-state index contributed by atoms with van der Waals surface area (Å²) < 4.78 is 11.8. The zero-order valence-electron chi connectivity index (χ0n) is 35.7. The van der Waals surface area contributed by atoms with Gasteiger partial charge in [0.1, 0.15) is 0 Å². The van der Waals surface area contributed by atoms with Crippen LogP contribution in [0.2, 0.25) is 13.1 Å². The number of halogens is 2. The van der Waals surface area contributed by atoms with E-state index < -0.39 is 20.8 Å². The van der Waals surface area contributed by atoms with Crippen molar-refractivity contribution in [3.63, 3.8) is 0 Å². The van der Waals surface area contributed by atoms with Gasteiger partial charge in [0.05, 0.1) is 23.0 Å². The quantitative estimate of drug-likeness (QED) is 0.130. The summed E-state index contributed by atoms with van der Waals surface area (Å²) in [7, 11) is 11.0. The van der Waals surface area contributed by atoms with E-state index in [1.165, 1.54) is 137 Å². The van der Waals surface area contributed by atoms with Crippen molar-refractivity contribution >= 4 is 69.6 Å². The fourth-order valence-electron chi connectivity index (χ4n) is 9.66. The molecule has 2 aliphatic carbocycles. The molecule has 0 N–H and O–H groups in total. The predicted molar refractivity (Wildman–Crippen MR) is 263 cm³/mol. The number of hydrogen-bond donors (Lipinski definition) is 0. The van der Waals surface area contributed by atoms with E-state index in [0.29, 0.717) is 0 Å². The standard InChI is InChI=1S/2C27H21O.C2H6Si.2ClH.Zr/c2*1-17-9-12-26(28-17)23-15-22-14-20-7-4-8-24(20)27(25(22)16-23)21-11-10-18-5-2-3-6-19(18)13-21;1-3-2;;;/h2*2-3,5-6,9-16H,4,7-8H2,1H3;1-2H3;2*1H;/q2*-1;;;;+4/p-2. The maximum atomic E-state index is 5.90. The molecule has 0 spiro atoms. The Bertz CT molecular complexity index is 2970. The van der Waals surface area contributed by atoms with Crippen molar-refractivity contribution in [3.8, 4) is 44.9 Å². The van der Waals surface area contributed by atoms with Gasteiger partial charge in [-0.05, 0) is 133 Å². The van der Waals surface area contributed by atoms with Gasteiger partial charge in [-0.3, -0.25) is 0 Å². The molecule has 2 radical (unpaired) electrons. The molecule has 0 bridgehead atoms. The summed E-state index contributed by atoms with van der Waals surface area (Å²) >= 11 is -0.826. The molecular weight excluding hydrogens is 895 g/mol. The van der Waals surface area contributed by atoms with E-state index in [1.54, 1.807) is 0 Å². The fraction of sp³-hybridized carbons (Fsp3) is 0.179. The first-order valence-corrected chi connectivity index (χ1v) is 29.9. The molecule has 2 nitrogen and oxygen atoms in total.